The fraction of sp³-hybridized carbons (Fsp3) is 0.900. The van der Waals surface area contributed by atoms with Crippen LogP contribution < -0.4 is 10.5 Å². The minimum Gasteiger partial charge on any atom is -0.328 e. The molecule has 0 radical (unpaired) electrons. The molecule has 1 saturated heterocycles. The highest BCUT2D eigenvalue weighted by molar-refractivity contribution is 7.90. The number of nitrogens with one attached hydrogen (secondary N) is 1. The summed E-state index contributed by atoms with van der Waals surface area (Å²) in [4.78, 5) is 13.5. The summed E-state index contributed by atoms with van der Waals surface area (Å²) >= 11 is 0. The zero-order valence-corrected chi connectivity index (χ0v) is 11.0. The Morgan fingerprint density at radius 2 is 2.00 bits per heavy atom. The maximum atomic E-state index is 11.5. The van der Waals surface area contributed by atoms with Crippen LogP contribution in [0.4, 0.5) is 0 Å². The van der Waals surface area contributed by atoms with Crippen LogP contribution >= 0.6 is 0 Å². The van der Waals surface area contributed by atoms with E-state index in [2.05, 4.69) is 4.72 Å². The average Bonchev–Trinajstić information content (AvgIpc) is 2.20. The molecule has 0 saturated carbocycles. The van der Waals surface area contributed by atoms with Gasteiger partial charge in [-0.25, -0.2) is 8.42 Å². The summed E-state index contributed by atoms with van der Waals surface area (Å²) in [6, 6.07) is 0.207. The van der Waals surface area contributed by atoms with Gasteiger partial charge in [-0.2, -0.15) is 0 Å². The lowest BCUT2D eigenvalue weighted by atomic mass is 10.1. The van der Waals surface area contributed by atoms with Crippen molar-refractivity contribution >= 4 is 15.9 Å². The van der Waals surface area contributed by atoms with Gasteiger partial charge in [-0.3, -0.25) is 14.4 Å². The highest BCUT2D eigenvalue weighted by atomic mass is 32.2. The van der Waals surface area contributed by atoms with Crippen molar-refractivity contribution in [3.63, 3.8) is 0 Å². The first kappa shape index (κ1) is 14.4. The normalized spacial score (nSPS) is 19.2. The molecule has 0 aromatic carbocycles. The van der Waals surface area contributed by atoms with Gasteiger partial charge < -0.3 is 5.73 Å². The van der Waals surface area contributed by atoms with E-state index >= 15 is 0 Å². The Morgan fingerprint density at radius 3 is 2.53 bits per heavy atom. The fourth-order valence-corrected chi connectivity index (χ4v) is 2.89. The van der Waals surface area contributed by atoms with Crippen LogP contribution in [0.15, 0.2) is 0 Å². The number of piperidine rings is 1. The van der Waals surface area contributed by atoms with Crippen LogP contribution in [0.2, 0.25) is 0 Å². The highest BCUT2D eigenvalue weighted by Crippen LogP contribution is 2.07. The molecule has 7 heteroatoms. The van der Waals surface area contributed by atoms with Gasteiger partial charge in [-0.15, -0.1) is 0 Å². The predicted octanol–water partition coefficient (Wildman–Crippen LogP) is -0.734. The van der Waals surface area contributed by atoms with Gasteiger partial charge in [-0.1, -0.05) is 6.92 Å². The number of carbonyl (C=O) groups excluding carboxylic acids is 1. The van der Waals surface area contributed by atoms with Gasteiger partial charge in [-0.05, 0) is 19.3 Å². The zero-order valence-electron chi connectivity index (χ0n) is 10.2. The Labute approximate surface area is 103 Å². The van der Waals surface area contributed by atoms with E-state index < -0.39 is 15.9 Å². The monoisotopic (exact) mass is 263 g/mol. The molecule has 6 nitrogen and oxygen atoms in total. The number of hydrogen-bond acceptors (Lipinski definition) is 5. The first-order valence-corrected chi connectivity index (χ1v) is 7.59. The molecule has 17 heavy (non-hydrogen) atoms. The van der Waals surface area contributed by atoms with Crippen molar-refractivity contribution in [2.75, 3.05) is 25.4 Å². The first-order chi connectivity index (χ1) is 7.93. The molecule has 1 rings (SSSR count). The summed E-state index contributed by atoms with van der Waals surface area (Å²) in [5, 5.41) is 0. The first-order valence-electron chi connectivity index (χ1n) is 5.94. The van der Waals surface area contributed by atoms with Crippen molar-refractivity contribution in [2.24, 2.45) is 5.73 Å². The molecule has 0 aromatic rings. The molecular formula is C10H21N3O3S. The minimum atomic E-state index is -3.44. The van der Waals surface area contributed by atoms with Gasteiger partial charge >= 0.3 is 0 Å². The van der Waals surface area contributed by atoms with Crippen molar-refractivity contribution in [1.29, 1.82) is 0 Å². The number of amides is 1. The third-order valence-corrected chi connectivity index (χ3v) is 4.23. The molecule has 0 aliphatic carbocycles. The molecule has 0 unspecified atom stereocenters. The van der Waals surface area contributed by atoms with Gasteiger partial charge in [0.15, 0.2) is 0 Å². The molecule has 1 aliphatic heterocycles. The SMILES string of the molecule is CCCS(=O)(=O)NC(=O)CN1CCC(N)CC1. The maximum absolute atomic E-state index is 11.5. The number of nitrogens with zero attached hydrogens (tertiary/aromatic N) is 1. The molecule has 0 aromatic heterocycles. The fourth-order valence-electron chi connectivity index (χ4n) is 1.84. The number of likely N-dealkylation sites (tertiary alicyclic amines) is 1. The lowest BCUT2D eigenvalue weighted by molar-refractivity contribution is -0.120. The Hall–Kier alpha value is -0.660. The van der Waals surface area contributed by atoms with Crippen molar-refractivity contribution in [1.82, 2.24) is 9.62 Å². The van der Waals surface area contributed by atoms with E-state index in [1.807, 2.05) is 4.90 Å². The second-order valence-corrected chi connectivity index (χ2v) is 6.30. The number of sulfonamides is 1. The molecular weight excluding hydrogens is 242 g/mol. The van der Waals surface area contributed by atoms with Gasteiger partial charge in [0.1, 0.15) is 0 Å². The molecule has 100 valence electrons. The van der Waals surface area contributed by atoms with Crippen LogP contribution in [-0.4, -0.2) is 50.7 Å². The topological polar surface area (TPSA) is 92.5 Å². The largest absolute Gasteiger partial charge is 0.328 e. The molecule has 1 fully saturated rings. The standard InChI is InChI=1S/C10H21N3O3S/c1-2-7-17(15,16)12-10(14)8-13-5-3-9(11)4-6-13/h9H,2-8,11H2,1H3,(H,12,14). The van der Waals surface area contributed by atoms with Gasteiger partial charge in [0, 0.05) is 19.1 Å². The lowest BCUT2D eigenvalue weighted by Crippen LogP contribution is -2.45. The summed E-state index contributed by atoms with van der Waals surface area (Å²) in [7, 11) is -3.44. The van der Waals surface area contributed by atoms with E-state index in [1.165, 1.54) is 0 Å². The Kier molecular flexibility index (Phi) is 5.35. The van der Waals surface area contributed by atoms with Crippen LogP contribution in [0.5, 0.6) is 0 Å². The molecule has 1 aliphatic rings. The molecule has 0 bridgehead atoms. The Morgan fingerprint density at radius 1 is 1.41 bits per heavy atom. The second kappa shape index (κ2) is 6.32. The summed E-state index contributed by atoms with van der Waals surface area (Å²) in [5.74, 6) is -0.460. The van der Waals surface area contributed by atoms with Crippen molar-refractivity contribution in [3.8, 4) is 0 Å². The maximum Gasteiger partial charge on any atom is 0.247 e. The van der Waals surface area contributed by atoms with Gasteiger partial charge in [0.25, 0.3) is 0 Å². The Balaban J connectivity index is 2.35. The number of carbonyl (C=O) groups is 1. The smallest absolute Gasteiger partial charge is 0.247 e. The zero-order chi connectivity index (χ0) is 12.9. The molecule has 0 atom stereocenters. The van der Waals surface area contributed by atoms with Crippen LogP contribution in [0.25, 0.3) is 0 Å². The second-order valence-electron chi connectivity index (χ2n) is 4.46. The van der Waals surface area contributed by atoms with E-state index in [0.29, 0.717) is 6.42 Å². The van der Waals surface area contributed by atoms with Crippen LogP contribution in [0, 0.1) is 0 Å². The summed E-state index contributed by atoms with van der Waals surface area (Å²) in [6.45, 7) is 3.40. The minimum absolute atomic E-state index is 0.0103. The van der Waals surface area contributed by atoms with E-state index in [1.54, 1.807) is 6.92 Å². The van der Waals surface area contributed by atoms with E-state index in [9.17, 15) is 13.2 Å². The molecule has 1 heterocycles. The number of rotatable bonds is 5. The number of nitrogens with two attached hydrogens (primary N) is 1. The summed E-state index contributed by atoms with van der Waals surface area (Å²) < 4.78 is 24.8. The summed E-state index contributed by atoms with van der Waals surface area (Å²) in [5.41, 5.74) is 5.75. The summed E-state index contributed by atoms with van der Waals surface area (Å²) in [6.07, 6.45) is 2.21. The Bertz CT molecular complexity index is 348. The van der Waals surface area contributed by atoms with Gasteiger partial charge in [0.05, 0.1) is 12.3 Å². The quantitative estimate of drug-likeness (QED) is 0.682. The average molecular weight is 263 g/mol. The van der Waals surface area contributed by atoms with Gasteiger partial charge in [0.2, 0.25) is 15.9 Å². The predicted molar refractivity (Wildman–Crippen MR) is 65.9 cm³/mol. The molecule has 0 spiro atoms. The lowest BCUT2D eigenvalue weighted by Gasteiger charge is -2.29. The van der Waals surface area contributed by atoms with Crippen molar-refractivity contribution in [3.05, 3.63) is 0 Å². The van der Waals surface area contributed by atoms with Crippen molar-refractivity contribution in [2.45, 2.75) is 32.2 Å². The third-order valence-electron chi connectivity index (χ3n) is 2.74. The van der Waals surface area contributed by atoms with Crippen LogP contribution in [-0.2, 0) is 14.8 Å². The van der Waals surface area contributed by atoms with Crippen LogP contribution in [0.1, 0.15) is 26.2 Å². The van der Waals surface area contributed by atoms with Crippen LogP contribution in [0.3, 0.4) is 0 Å². The highest BCUT2D eigenvalue weighted by Gasteiger charge is 2.20. The van der Waals surface area contributed by atoms with Crippen molar-refractivity contribution < 1.29 is 13.2 Å². The molecule has 1 amide bonds. The molecule has 3 N–H and O–H groups in total. The third kappa shape index (κ3) is 5.47. The van der Waals surface area contributed by atoms with E-state index in [4.69, 9.17) is 5.73 Å². The number of hydrogen-bond donors (Lipinski definition) is 2. The van der Waals surface area contributed by atoms with E-state index in [0.717, 1.165) is 25.9 Å². The van der Waals surface area contributed by atoms with E-state index in [-0.39, 0.29) is 18.3 Å².